The first-order chi connectivity index (χ1) is 11.5. The summed E-state index contributed by atoms with van der Waals surface area (Å²) in [6, 6.07) is 0.215. The Hall–Kier alpha value is -1.66. The van der Waals surface area contributed by atoms with E-state index in [9.17, 15) is 4.79 Å². The zero-order valence-electron chi connectivity index (χ0n) is 14.8. The summed E-state index contributed by atoms with van der Waals surface area (Å²) in [5, 5.41) is 9.13. The Balaban J connectivity index is 1.70. The van der Waals surface area contributed by atoms with Crippen molar-refractivity contribution in [1.29, 1.82) is 0 Å². The highest BCUT2D eigenvalue weighted by Gasteiger charge is 2.25. The van der Waals surface area contributed by atoms with Crippen molar-refractivity contribution in [3.05, 3.63) is 38.4 Å². The largest absolute Gasteiger partial charge is 0.361 e. The van der Waals surface area contributed by atoms with Crippen LogP contribution in [0.5, 0.6) is 0 Å². The maximum atomic E-state index is 12.4. The molecule has 6 heteroatoms. The molecule has 1 N–H and O–H groups in total. The second-order valence-corrected chi connectivity index (χ2v) is 7.56. The van der Waals surface area contributed by atoms with Gasteiger partial charge in [-0.25, -0.2) is 0 Å². The van der Waals surface area contributed by atoms with Crippen molar-refractivity contribution in [3.63, 3.8) is 0 Å². The lowest BCUT2D eigenvalue weighted by Gasteiger charge is -2.27. The van der Waals surface area contributed by atoms with Gasteiger partial charge in [0, 0.05) is 41.5 Å². The summed E-state index contributed by atoms with van der Waals surface area (Å²) in [6.07, 6.45) is 1.87. The third kappa shape index (κ3) is 3.39. The van der Waals surface area contributed by atoms with Gasteiger partial charge in [-0.1, -0.05) is 12.1 Å². The van der Waals surface area contributed by atoms with Crippen molar-refractivity contribution >= 4 is 17.2 Å². The molecule has 3 heterocycles. The first-order valence-corrected chi connectivity index (χ1v) is 9.41. The van der Waals surface area contributed by atoms with E-state index in [2.05, 4.69) is 22.3 Å². The quantitative estimate of drug-likeness (QED) is 0.900. The molecule has 0 spiro atoms. The molecule has 1 amide bonds. The van der Waals surface area contributed by atoms with E-state index in [1.165, 1.54) is 16.0 Å². The minimum Gasteiger partial charge on any atom is -0.361 e. The number of hydrogen-bond donors (Lipinski definition) is 1. The van der Waals surface area contributed by atoms with E-state index in [0.717, 1.165) is 49.5 Å². The van der Waals surface area contributed by atoms with Crippen LogP contribution in [0.15, 0.2) is 9.90 Å². The van der Waals surface area contributed by atoms with Gasteiger partial charge in [0.25, 0.3) is 5.91 Å². The summed E-state index contributed by atoms with van der Waals surface area (Å²) in [5.74, 6) is 0.971. The van der Waals surface area contributed by atoms with Crippen molar-refractivity contribution < 1.29 is 9.32 Å². The Morgan fingerprint density at radius 2 is 2.29 bits per heavy atom. The van der Waals surface area contributed by atoms with E-state index in [1.807, 2.05) is 26.2 Å². The average molecular weight is 347 g/mol. The molecule has 5 nitrogen and oxygen atoms in total. The van der Waals surface area contributed by atoms with E-state index in [4.69, 9.17) is 4.52 Å². The molecule has 0 aliphatic carbocycles. The van der Waals surface area contributed by atoms with Gasteiger partial charge >= 0.3 is 0 Å². The highest BCUT2D eigenvalue weighted by atomic mass is 32.1. The number of nitrogens with zero attached hydrogens (tertiary/aromatic N) is 2. The number of nitrogens with one attached hydrogen (secondary N) is 1. The smallest absolute Gasteiger partial charge is 0.252 e. The fourth-order valence-corrected chi connectivity index (χ4v) is 4.18. The molecule has 2 aromatic heterocycles. The van der Waals surface area contributed by atoms with E-state index in [-0.39, 0.29) is 11.9 Å². The predicted molar refractivity (Wildman–Crippen MR) is 95.3 cm³/mol. The molecular weight excluding hydrogens is 322 g/mol. The second kappa shape index (κ2) is 7.07. The topological polar surface area (TPSA) is 58.4 Å². The molecule has 24 heavy (non-hydrogen) atoms. The highest BCUT2D eigenvalue weighted by molar-refractivity contribution is 7.10. The molecule has 0 bridgehead atoms. The van der Waals surface area contributed by atoms with Crippen LogP contribution in [0.2, 0.25) is 0 Å². The van der Waals surface area contributed by atoms with Gasteiger partial charge in [-0.15, -0.1) is 11.3 Å². The molecule has 1 aliphatic heterocycles. The summed E-state index contributed by atoms with van der Waals surface area (Å²) in [4.78, 5) is 16.1. The van der Waals surface area contributed by atoms with Crippen LogP contribution in [0, 0.1) is 13.8 Å². The number of carbonyl (C=O) groups is 1. The Labute approximate surface area is 147 Å². The minimum absolute atomic E-state index is 0.0704. The van der Waals surface area contributed by atoms with Crippen LogP contribution in [0.25, 0.3) is 0 Å². The maximum absolute atomic E-state index is 12.4. The van der Waals surface area contributed by atoms with Gasteiger partial charge in [-0.05, 0) is 39.2 Å². The van der Waals surface area contributed by atoms with Gasteiger partial charge in [0.2, 0.25) is 0 Å². The Kier molecular flexibility index (Phi) is 5.06. The second-order valence-electron chi connectivity index (χ2n) is 6.60. The molecular formula is C18H25N3O2S. The molecule has 0 fully saturated rings. The summed E-state index contributed by atoms with van der Waals surface area (Å²) in [7, 11) is 0. The summed E-state index contributed by atoms with van der Waals surface area (Å²) >= 11 is 1.70. The minimum atomic E-state index is 0.0704. The van der Waals surface area contributed by atoms with Crippen molar-refractivity contribution in [1.82, 2.24) is 15.4 Å². The lowest BCUT2D eigenvalue weighted by atomic mass is 10.0. The van der Waals surface area contributed by atoms with Crippen LogP contribution in [0.3, 0.4) is 0 Å². The number of thiophene rings is 1. The lowest BCUT2D eigenvalue weighted by Crippen LogP contribution is -2.34. The van der Waals surface area contributed by atoms with E-state index in [0.29, 0.717) is 0 Å². The molecule has 0 aromatic carbocycles. The lowest BCUT2D eigenvalue weighted by molar-refractivity contribution is 0.0938. The molecule has 2 aromatic rings. The van der Waals surface area contributed by atoms with Crippen LogP contribution in [0.4, 0.5) is 0 Å². The third-order valence-corrected chi connectivity index (χ3v) is 5.84. The molecule has 1 atom stereocenters. The normalized spacial score (nSPS) is 16.0. The summed E-state index contributed by atoms with van der Waals surface area (Å²) in [5.41, 5.74) is 4.26. The van der Waals surface area contributed by atoms with Crippen molar-refractivity contribution in [3.8, 4) is 0 Å². The fraction of sp³-hybridized carbons (Fsp3) is 0.556. The molecule has 0 unspecified atom stereocenters. The molecule has 3 rings (SSSR count). The number of fused-ring (bicyclic) bond motifs is 1. The number of amides is 1. The number of rotatable bonds is 5. The van der Waals surface area contributed by atoms with Gasteiger partial charge in [0.15, 0.2) is 0 Å². The molecule has 0 saturated heterocycles. The monoisotopic (exact) mass is 347 g/mol. The first kappa shape index (κ1) is 17.2. The zero-order valence-corrected chi connectivity index (χ0v) is 15.6. The van der Waals surface area contributed by atoms with Crippen LogP contribution in [-0.4, -0.2) is 28.6 Å². The average Bonchev–Trinajstić information content (AvgIpc) is 3.12. The zero-order chi connectivity index (χ0) is 17.3. The number of aryl methyl sites for hydroxylation is 2. The first-order valence-electron chi connectivity index (χ1n) is 8.53. The fourth-order valence-electron chi connectivity index (χ4n) is 3.06. The van der Waals surface area contributed by atoms with Crippen LogP contribution in [0.1, 0.15) is 58.1 Å². The number of hydrogen-bond acceptors (Lipinski definition) is 5. The molecule has 130 valence electrons. The van der Waals surface area contributed by atoms with Crippen LogP contribution in [-0.2, 0) is 19.5 Å². The van der Waals surface area contributed by atoms with Crippen molar-refractivity contribution in [2.45, 2.75) is 59.7 Å². The van der Waals surface area contributed by atoms with Gasteiger partial charge < -0.3 is 9.84 Å². The maximum Gasteiger partial charge on any atom is 0.252 e. The predicted octanol–water partition coefficient (Wildman–Crippen LogP) is 3.44. The molecule has 1 aliphatic rings. The SMILES string of the molecule is CC[C@@H](C)NC(=O)c1csc2c1CCN(Cc1c(C)noc1C)C2. The third-order valence-electron chi connectivity index (χ3n) is 4.82. The van der Waals surface area contributed by atoms with E-state index in [1.54, 1.807) is 11.3 Å². The van der Waals surface area contributed by atoms with Crippen LogP contribution < -0.4 is 5.32 Å². The van der Waals surface area contributed by atoms with E-state index < -0.39 is 0 Å². The molecule has 0 saturated carbocycles. The van der Waals surface area contributed by atoms with Crippen molar-refractivity contribution in [2.24, 2.45) is 0 Å². The summed E-state index contributed by atoms with van der Waals surface area (Å²) < 4.78 is 5.26. The Bertz CT molecular complexity index is 715. The Morgan fingerprint density at radius 1 is 1.50 bits per heavy atom. The van der Waals surface area contributed by atoms with Gasteiger partial charge in [0.1, 0.15) is 5.76 Å². The van der Waals surface area contributed by atoms with Crippen molar-refractivity contribution in [2.75, 3.05) is 6.54 Å². The number of carbonyl (C=O) groups excluding carboxylic acids is 1. The van der Waals surface area contributed by atoms with Gasteiger partial charge in [0.05, 0.1) is 11.3 Å². The van der Waals surface area contributed by atoms with Gasteiger partial charge in [-0.2, -0.15) is 0 Å². The standard InChI is InChI=1S/C18H25N3O2S/c1-5-11(2)19-18(22)16-10-24-17-9-21(7-6-14(16)17)8-15-12(3)20-23-13(15)4/h10-11H,5-9H2,1-4H3,(H,19,22)/t11-/m1/s1. The van der Waals surface area contributed by atoms with Crippen LogP contribution >= 0.6 is 11.3 Å². The Morgan fingerprint density at radius 3 is 2.96 bits per heavy atom. The van der Waals surface area contributed by atoms with Gasteiger partial charge in [-0.3, -0.25) is 9.69 Å². The number of aromatic nitrogens is 1. The van der Waals surface area contributed by atoms with E-state index >= 15 is 0 Å². The molecule has 0 radical (unpaired) electrons. The summed E-state index contributed by atoms with van der Waals surface area (Å²) in [6.45, 7) is 10.8. The highest BCUT2D eigenvalue weighted by Crippen LogP contribution is 2.30.